The van der Waals surface area contributed by atoms with Crippen LogP contribution in [0.15, 0.2) is 24.3 Å². The van der Waals surface area contributed by atoms with Gasteiger partial charge in [0, 0.05) is 24.6 Å². The average molecular weight is 338 g/mol. The highest BCUT2D eigenvalue weighted by atomic mass is 35.5. The predicted octanol–water partition coefficient (Wildman–Crippen LogP) is 2.68. The Morgan fingerprint density at radius 2 is 2.23 bits per heavy atom. The van der Waals surface area contributed by atoms with Gasteiger partial charge in [0.25, 0.3) is 0 Å². The lowest BCUT2D eigenvalue weighted by molar-refractivity contribution is -0.151. The molecule has 1 atom stereocenters. The molecule has 2 heterocycles. The number of halogens is 1. The van der Waals surface area contributed by atoms with Crippen LogP contribution in [0.5, 0.6) is 0 Å². The van der Waals surface area contributed by atoms with Crippen molar-refractivity contribution < 1.29 is 9.53 Å². The molecule has 1 aliphatic heterocycles. The summed E-state index contributed by atoms with van der Waals surface area (Å²) in [6.45, 7) is 3.57. The molecule has 0 N–H and O–H groups in total. The molecule has 7 heteroatoms. The molecule has 0 spiro atoms. The van der Waals surface area contributed by atoms with Crippen molar-refractivity contribution in [3.05, 3.63) is 45.4 Å². The topological polar surface area (TPSA) is 55.3 Å². The zero-order valence-corrected chi connectivity index (χ0v) is 13.7. The molecular formula is C15H16ClN3O2S. The fourth-order valence-corrected chi connectivity index (χ4v) is 3.14. The number of rotatable bonds is 4. The molecule has 0 amide bonds. The number of ether oxygens (including phenoxy) is 1. The molecule has 0 bridgehead atoms. The van der Waals surface area contributed by atoms with E-state index in [1.165, 1.54) is 11.1 Å². The number of hydrogen-bond donors (Lipinski definition) is 0. The van der Waals surface area contributed by atoms with Crippen LogP contribution in [0.3, 0.4) is 0 Å². The van der Waals surface area contributed by atoms with E-state index in [1.807, 2.05) is 13.0 Å². The van der Waals surface area contributed by atoms with E-state index in [1.54, 1.807) is 0 Å². The highest BCUT2D eigenvalue weighted by molar-refractivity contribution is 7.10. The van der Waals surface area contributed by atoms with E-state index in [-0.39, 0.29) is 18.6 Å². The molecule has 0 saturated heterocycles. The van der Waals surface area contributed by atoms with Gasteiger partial charge in [-0.05, 0) is 24.5 Å². The van der Waals surface area contributed by atoms with E-state index in [0.717, 1.165) is 31.0 Å². The Labute approximate surface area is 138 Å². The summed E-state index contributed by atoms with van der Waals surface area (Å²) in [6.07, 6.45) is 0.954. The Kier molecular flexibility index (Phi) is 4.71. The third-order valence-electron chi connectivity index (χ3n) is 3.91. The highest BCUT2D eigenvalue weighted by Crippen LogP contribution is 2.21. The van der Waals surface area contributed by atoms with Crippen molar-refractivity contribution in [2.45, 2.75) is 32.5 Å². The Balaban J connectivity index is 1.58. The van der Waals surface area contributed by atoms with Gasteiger partial charge in [-0.2, -0.15) is 0 Å². The highest BCUT2D eigenvalue weighted by Gasteiger charge is 2.26. The van der Waals surface area contributed by atoms with Gasteiger partial charge in [-0.15, -0.1) is 5.10 Å². The molecule has 1 aromatic carbocycles. The summed E-state index contributed by atoms with van der Waals surface area (Å²) in [4.78, 5) is 14.3. The number of nitrogens with zero attached hydrogens (tertiary/aromatic N) is 3. The Bertz CT molecular complexity index is 676. The lowest BCUT2D eigenvalue weighted by atomic mass is 9.99. The molecule has 0 radical (unpaired) electrons. The fourth-order valence-electron chi connectivity index (χ4n) is 2.54. The number of carbonyl (C=O) groups excluding carboxylic acids is 1. The SMILES string of the molecule is CC(C(=O)OCc1nnsc1Cl)N1CCc2ccccc2C1. The van der Waals surface area contributed by atoms with Crippen LogP contribution in [0.4, 0.5) is 0 Å². The summed E-state index contributed by atoms with van der Waals surface area (Å²) in [7, 11) is 0. The zero-order chi connectivity index (χ0) is 15.5. The van der Waals surface area contributed by atoms with Crippen LogP contribution < -0.4 is 0 Å². The standard InChI is InChI=1S/C15H16ClN3O2S/c1-10(15(20)21-9-13-14(16)22-18-17-13)19-7-6-11-4-2-3-5-12(11)8-19/h2-5,10H,6-9H2,1H3. The first-order chi connectivity index (χ1) is 10.6. The van der Waals surface area contributed by atoms with Crippen LogP contribution in [0.2, 0.25) is 4.34 Å². The molecule has 0 saturated carbocycles. The zero-order valence-electron chi connectivity index (χ0n) is 12.2. The minimum Gasteiger partial charge on any atom is -0.458 e. The van der Waals surface area contributed by atoms with Crippen molar-refractivity contribution in [3.8, 4) is 0 Å². The minimum atomic E-state index is -0.293. The van der Waals surface area contributed by atoms with Gasteiger partial charge in [-0.1, -0.05) is 40.4 Å². The summed E-state index contributed by atoms with van der Waals surface area (Å²) >= 11 is 6.99. The molecule has 2 aromatic rings. The van der Waals surface area contributed by atoms with E-state index in [4.69, 9.17) is 16.3 Å². The quantitative estimate of drug-likeness (QED) is 0.803. The maximum Gasteiger partial charge on any atom is 0.323 e. The largest absolute Gasteiger partial charge is 0.458 e. The lowest BCUT2D eigenvalue weighted by Gasteiger charge is -2.32. The number of carbonyl (C=O) groups is 1. The predicted molar refractivity (Wildman–Crippen MR) is 84.7 cm³/mol. The maximum absolute atomic E-state index is 12.2. The monoisotopic (exact) mass is 337 g/mol. The number of hydrogen-bond acceptors (Lipinski definition) is 6. The molecule has 1 unspecified atom stereocenters. The van der Waals surface area contributed by atoms with Crippen LogP contribution in [0, 0.1) is 0 Å². The second kappa shape index (κ2) is 6.73. The molecular weight excluding hydrogens is 322 g/mol. The first-order valence-electron chi connectivity index (χ1n) is 7.09. The van der Waals surface area contributed by atoms with Gasteiger partial charge in [-0.3, -0.25) is 9.69 Å². The van der Waals surface area contributed by atoms with Crippen molar-refractivity contribution >= 4 is 29.1 Å². The Morgan fingerprint density at radius 1 is 1.45 bits per heavy atom. The van der Waals surface area contributed by atoms with E-state index in [2.05, 4.69) is 32.7 Å². The first kappa shape index (κ1) is 15.4. The van der Waals surface area contributed by atoms with Crippen molar-refractivity contribution in [3.63, 3.8) is 0 Å². The smallest absolute Gasteiger partial charge is 0.323 e. The van der Waals surface area contributed by atoms with Crippen LogP contribution in [0.1, 0.15) is 23.7 Å². The minimum absolute atomic E-state index is 0.0724. The van der Waals surface area contributed by atoms with Crippen LogP contribution >= 0.6 is 23.1 Å². The first-order valence-corrected chi connectivity index (χ1v) is 8.24. The summed E-state index contributed by atoms with van der Waals surface area (Å²) in [5.41, 5.74) is 3.15. The van der Waals surface area contributed by atoms with Gasteiger partial charge >= 0.3 is 5.97 Å². The lowest BCUT2D eigenvalue weighted by Crippen LogP contribution is -2.42. The van der Waals surface area contributed by atoms with Gasteiger partial charge in [0.15, 0.2) is 0 Å². The Morgan fingerprint density at radius 3 is 2.95 bits per heavy atom. The molecule has 22 heavy (non-hydrogen) atoms. The molecule has 0 fully saturated rings. The second-order valence-corrected chi connectivity index (χ2v) is 6.62. The van der Waals surface area contributed by atoms with Crippen LogP contribution in [-0.4, -0.2) is 33.0 Å². The average Bonchev–Trinajstić information content (AvgIpc) is 2.96. The van der Waals surface area contributed by atoms with Gasteiger partial charge in [0.05, 0.1) is 0 Å². The third kappa shape index (κ3) is 3.29. The number of fused-ring (bicyclic) bond motifs is 1. The van der Waals surface area contributed by atoms with Gasteiger partial charge in [-0.25, -0.2) is 0 Å². The molecule has 5 nitrogen and oxygen atoms in total. The van der Waals surface area contributed by atoms with Gasteiger partial charge in [0.2, 0.25) is 0 Å². The summed E-state index contributed by atoms with van der Waals surface area (Å²) in [5.74, 6) is -0.261. The van der Waals surface area contributed by atoms with Crippen LogP contribution in [0.25, 0.3) is 0 Å². The van der Waals surface area contributed by atoms with E-state index in [0.29, 0.717) is 10.0 Å². The Hall–Kier alpha value is -1.50. The summed E-state index contributed by atoms with van der Waals surface area (Å²) < 4.78 is 9.49. The van der Waals surface area contributed by atoms with Gasteiger partial charge in [0.1, 0.15) is 22.7 Å². The van der Waals surface area contributed by atoms with Crippen molar-refractivity contribution in [1.82, 2.24) is 14.5 Å². The van der Waals surface area contributed by atoms with E-state index < -0.39 is 0 Å². The van der Waals surface area contributed by atoms with E-state index >= 15 is 0 Å². The number of esters is 1. The van der Waals surface area contributed by atoms with Crippen molar-refractivity contribution in [2.75, 3.05) is 6.54 Å². The molecule has 1 aromatic heterocycles. The van der Waals surface area contributed by atoms with Crippen molar-refractivity contribution in [2.24, 2.45) is 0 Å². The maximum atomic E-state index is 12.2. The van der Waals surface area contributed by atoms with Crippen molar-refractivity contribution in [1.29, 1.82) is 0 Å². The summed E-state index contributed by atoms with van der Waals surface area (Å²) in [6, 6.07) is 8.05. The molecule has 116 valence electrons. The third-order valence-corrected chi connectivity index (χ3v) is 4.89. The molecule has 3 rings (SSSR count). The van der Waals surface area contributed by atoms with Crippen LogP contribution in [-0.2, 0) is 29.1 Å². The van der Waals surface area contributed by atoms with Gasteiger partial charge < -0.3 is 4.74 Å². The number of benzene rings is 1. The fraction of sp³-hybridized carbons (Fsp3) is 0.400. The number of aromatic nitrogens is 2. The normalized spacial score (nSPS) is 16.1. The summed E-state index contributed by atoms with van der Waals surface area (Å²) in [5, 5.41) is 3.84. The molecule has 1 aliphatic rings. The molecule has 0 aliphatic carbocycles. The van der Waals surface area contributed by atoms with E-state index in [9.17, 15) is 4.79 Å². The second-order valence-electron chi connectivity index (χ2n) is 5.27.